The largest absolute Gasteiger partial charge is 0.396 e. The summed E-state index contributed by atoms with van der Waals surface area (Å²) < 4.78 is 0. The molecule has 0 heterocycles. The van der Waals surface area contributed by atoms with Gasteiger partial charge in [0, 0.05) is 6.61 Å². The average Bonchev–Trinajstić information content (AvgIpc) is 2.46. The third kappa shape index (κ3) is 3.21. The lowest BCUT2D eigenvalue weighted by molar-refractivity contribution is 0.213. The lowest BCUT2D eigenvalue weighted by Gasteiger charge is -2.22. The number of benzene rings is 2. The number of hydrogen-bond acceptors (Lipinski definition) is 1. The molecule has 0 fully saturated rings. The molecule has 93 valence electrons. The van der Waals surface area contributed by atoms with E-state index in [0.717, 1.165) is 6.42 Å². The summed E-state index contributed by atoms with van der Waals surface area (Å²) in [5.41, 5.74) is 2.44. The molecule has 0 aliphatic rings. The molecule has 0 aliphatic heterocycles. The average molecular weight is 239 g/mol. The highest BCUT2D eigenvalue weighted by atomic mass is 16.3. The van der Waals surface area contributed by atoms with Gasteiger partial charge < -0.3 is 5.11 Å². The number of aliphatic hydroxyl groups is 1. The summed E-state index contributed by atoms with van der Waals surface area (Å²) in [5, 5.41) is 9.58. The molecule has 1 heteroatoms. The van der Waals surface area contributed by atoms with Crippen LogP contribution in [0.25, 0.3) is 0 Å². The van der Waals surface area contributed by atoms with E-state index in [9.17, 15) is 5.11 Å². The molecule has 0 saturated heterocycles. The number of rotatable bonds is 5. The van der Waals surface area contributed by atoms with E-state index in [1.807, 2.05) is 36.4 Å². The Morgan fingerprint density at radius 1 is 0.889 bits per heavy atom. The van der Waals surface area contributed by atoms with E-state index >= 15 is 0 Å². The van der Waals surface area contributed by atoms with Gasteiger partial charge in [-0.05, 0) is 36.3 Å². The van der Waals surface area contributed by atoms with Gasteiger partial charge in [0.25, 0.3) is 0 Å². The molecule has 1 nitrogen and oxygen atoms in total. The monoisotopic (exact) mass is 239 g/mol. The molecular weight excluding hydrogens is 220 g/mol. The topological polar surface area (TPSA) is 20.2 Å². The fourth-order valence-electron chi connectivity index (χ4n) is 2.22. The van der Waals surface area contributed by atoms with Gasteiger partial charge in [0.15, 0.2) is 0 Å². The second-order valence-electron chi connectivity index (χ2n) is 4.65. The van der Waals surface area contributed by atoms with Crippen LogP contribution in [0, 0.1) is 12.8 Å². The predicted molar refractivity (Wildman–Crippen MR) is 75.3 cm³/mol. The van der Waals surface area contributed by atoms with Crippen molar-refractivity contribution in [3.63, 3.8) is 0 Å². The highest BCUT2D eigenvalue weighted by Crippen LogP contribution is 2.26. The summed E-state index contributed by atoms with van der Waals surface area (Å²) in [6.07, 6.45) is 0.862. The molecule has 1 radical (unpaired) electrons. The van der Waals surface area contributed by atoms with Crippen molar-refractivity contribution >= 4 is 0 Å². The second-order valence-corrected chi connectivity index (χ2v) is 4.65. The van der Waals surface area contributed by atoms with Crippen molar-refractivity contribution < 1.29 is 5.11 Å². The molecule has 0 aromatic heterocycles. The van der Waals surface area contributed by atoms with Crippen molar-refractivity contribution in [1.29, 1.82) is 0 Å². The molecule has 2 aromatic carbocycles. The quantitative estimate of drug-likeness (QED) is 0.847. The Kier molecular flexibility index (Phi) is 4.54. The second kappa shape index (κ2) is 6.36. The van der Waals surface area contributed by atoms with E-state index in [0.29, 0.717) is 0 Å². The molecule has 2 rings (SSSR count). The molecule has 0 spiro atoms. The van der Waals surface area contributed by atoms with E-state index in [4.69, 9.17) is 0 Å². The molecule has 2 unspecified atom stereocenters. The SMILES string of the molecule is [CH2]C(c1ccccc1)C(CO)Cc1ccccc1. The normalized spacial score (nSPS) is 14.1. The van der Waals surface area contributed by atoms with Gasteiger partial charge in [0.2, 0.25) is 0 Å². The maximum Gasteiger partial charge on any atom is 0.0468 e. The first-order valence-corrected chi connectivity index (χ1v) is 6.34. The van der Waals surface area contributed by atoms with Gasteiger partial charge in [-0.2, -0.15) is 0 Å². The van der Waals surface area contributed by atoms with Crippen LogP contribution in [0.5, 0.6) is 0 Å². The van der Waals surface area contributed by atoms with Crippen LogP contribution in [-0.2, 0) is 6.42 Å². The Morgan fingerprint density at radius 2 is 1.44 bits per heavy atom. The zero-order valence-electron chi connectivity index (χ0n) is 10.5. The molecule has 1 N–H and O–H groups in total. The van der Waals surface area contributed by atoms with Crippen LogP contribution in [0.4, 0.5) is 0 Å². The van der Waals surface area contributed by atoms with Crippen molar-refractivity contribution in [2.75, 3.05) is 6.61 Å². The van der Waals surface area contributed by atoms with Gasteiger partial charge in [-0.15, -0.1) is 0 Å². The standard InChI is InChI=1S/C17H19O/c1-14(16-10-6-3-7-11-16)17(13-18)12-15-8-4-2-5-9-15/h2-11,14,17-18H,1,12-13H2. The fourth-order valence-corrected chi connectivity index (χ4v) is 2.22. The maximum atomic E-state index is 9.58. The first-order chi connectivity index (χ1) is 8.81. The number of aliphatic hydroxyl groups excluding tert-OH is 1. The minimum Gasteiger partial charge on any atom is -0.396 e. The lowest BCUT2D eigenvalue weighted by atomic mass is 9.84. The van der Waals surface area contributed by atoms with Crippen molar-refractivity contribution in [3.05, 3.63) is 78.7 Å². The highest BCUT2D eigenvalue weighted by Gasteiger charge is 2.18. The van der Waals surface area contributed by atoms with Crippen LogP contribution >= 0.6 is 0 Å². The fraction of sp³-hybridized carbons (Fsp3) is 0.235. The van der Waals surface area contributed by atoms with E-state index in [1.54, 1.807) is 0 Å². The molecule has 0 bridgehead atoms. The first kappa shape index (κ1) is 12.8. The third-order valence-corrected chi connectivity index (χ3v) is 3.37. The summed E-state index contributed by atoms with van der Waals surface area (Å²) in [6, 6.07) is 20.5. The zero-order chi connectivity index (χ0) is 12.8. The highest BCUT2D eigenvalue weighted by molar-refractivity contribution is 5.23. The summed E-state index contributed by atoms with van der Waals surface area (Å²) in [5.74, 6) is 0.284. The van der Waals surface area contributed by atoms with Gasteiger partial charge >= 0.3 is 0 Å². The van der Waals surface area contributed by atoms with Gasteiger partial charge in [-0.1, -0.05) is 60.7 Å². The minimum absolute atomic E-state index is 0.122. The molecule has 18 heavy (non-hydrogen) atoms. The Morgan fingerprint density at radius 3 is 2.00 bits per heavy atom. The molecule has 0 amide bonds. The molecule has 2 aromatic rings. The Hall–Kier alpha value is -1.60. The maximum absolute atomic E-state index is 9.58. The van der Waals surface area contributed by atoms with Crippen LogP contribution in [-0.4, -0.2) is 11.7 Å². The van der Waals surface area contributed by atoms with Gasteiger partial charge in [0.1, 0.15) is 0 Å². The number of hydrogen-bond donors (Lipinski definition) is 1. The van der Waals surface area contributed by atoms with E-state index in [1.165, 1.54) is 11.1 Å². The Bertz CT molecular complexity index is 450. The van der Waals surface area contributed by atoms with Crippen molar-refractivity contribution in [1.82, 2.24) is 0 Å². The first-order valence-electron chi connectivity index (χ1n) is 6.34. The van der Waals surface area contributed by atoms with Crippen LogP contribution in [0.3, 0.4) is 0 Å². The predicted octanol–water partition coefficient (Wildman–Crippen LogP) is 3.46. The van der Waals surface area contributed by atoms with Crippen LogP contribution in [0.15, 0.2) is 60.7 Å². The third-order valence-electron chi connectivity index (χ3n) is 3.37. The molecule has 0 saturated carbocycles. The lowest BCUT2D eigenvalue weighted by Crippen LogP contribution is -2.17. The van der Waals surface area contributed by atoms with Crippen molar-refractivity contribution in [3.8, 4) is 0 Å². The van der Waals surface area contributed by atoms with Gasteiger partial charge in [-0.25, -0.2) is 0 Å². The zero-order valence-corrected chi connectivity index (χ0v) is 10.5. The summed E-state index contributed by atoms with van der Waals surface area (Å²) in [6.45, 7) is 4.38. The van der Waals surface area contributed by atoms with E-state index in [2.05, 4.69) is 31.2 Å². The van der Waals surface area contributed by atoms with Crippen LogP contribution in [0.2, 0.25) is 0 Å². The summed E-state index contributed by atoms with van der Waals surface area (Å²) >= 11 is 0. The van der Waals surface area contributed by atoms with Crippen molar-refractivity contribution in [2.45, 2.75) is 12.3 Å². The Labute approximate surface area is 109 Å². The van der Waals surface area contributed by atoms with E-state index in [-0.39, 0.29) is 18.4 Å². The van der Waals surface area contributed by atoms with Crippen LogP contribution < -0.4 is 0 Å². The van der Waals surface area contributed by atoms with Gasteiger partial charge in [0.05, 0.1) is 0 Å². The minimum atomic E-state index is 0.122. The Balaban J connectivity index is 2.09. The van der Waals surface area contributed by atoms with Crippen molar-refractivity contribution in [2.24, 2.45) is 5.92 Å². The summed E-state index contributed by atoms with van der Waals surface area (Å²) in [7, 11) is 0. The van der Waals surface area contributed by atoms with Gasteiger partial charge in [-0.3, -0.25) is 0 Å². The molecule has 2 atom stereocenters. The molecular formula is C17H19O. The summed E-state index contributed by atoms with van der Waals surface area (Å²) in [4.78, 5) is 0. The smallest absolute Gasteiger partial charge is 0.0468 e. The molecule has 0 aliphatic carbocycles. The van der Waals surface area contributed by atoms with E-state index < -0.39 is 0 Å². The van der Waals surface area contributed by atoms with Crippen LogP contribution in [0.1, 0.15) is 17.0 Å².